The van der Waals surface area contributed by atoms with Crippen molar-refractivity contribution in [2.75, 3.05) is 65.9 Å². The normalized spacial score (nSPS) is 17.5. The Bertz CT molecular complexity index is 2800. The van der Waals surface area contributed by atoms with Gasteiger partial charge in [0.05, 0.1) is 57.3 Å². The quantitative estimate of drug-likeness (QED) is 0.0539. The molecule has 6 rings (SSSR count). The number of nitrogens with two attached hydrogens (primary N) is 1. The molecule has 0 radical (unpaired) electrons. The van der Waals surface area contributed by atoms with Gasteiger partial charge in [0.1, 0.15) is 24.0 Å². The van der Waals surface area contributed by atoms with Gasteiger partial charge in [0.25, 0.3) is 5.91 Å². The molecular weight excluding hydrogens is 1000 g/mol. The molecule has 1 saturated heterocycles. The lowest BCUT2D eigenvalue weighted by Crippen LogP contribution is -2.59. The summed E-state index contributed by atoms with van der Waals surface area (Å²) in [6.07, 6.45) is 1.94. The van der Waals surface area contributed by atoms with Gasteiger partial charge in [0.2, 0.25) is 23.6 Å². The van der Waals surface area contributed by atoms with Crippen LogP contribution in [0.3, 0.4) is 0 Å². The topological polar surface area (TPSA) is 277 Å². The highest BCUT2D eigenvalue weighted by atomic mass is 19.1. The Labute approximate surface area is 455 Å². The van der Waals surface area contributed by atoms with Gasteiger partial charge in [0, 0.05) is 86.5 Å². The van der Waals surface area contributed by atoms with Crippen LogP contribution in [0.15, 0.2) is 60.8 Å². The first-order valence-electron chi connectivity index (χ1n) is 26.5. The number of carbonyl (C=O) groups excluding carboxylic acids is 6. The van der Waals surface area contributed by atoms with Crippen molar-refractivity contribution < 1.29 is 47.4 Å². The van der Waals surface area contributed by atoms with Crippen LogP contribution in [-0.2, 0) is 46.5 Å². The number of Topliss-reactive ketones (excluding diaryl/α,β-unsaturated/α-hetero) is 1. The minimum absolute atomic E-state index is 0.0000682. The van der Waals surface area contributed by atoms with E-state index in [1.165, 1.54) is 34.2 Å². The molecule has 1 fully saturated rings. The van der Waals surface area contributed by atoms with Gasteiger partial charge in [0.15, 0.2) is 23.0 Å². The van der Waals surface area contributed by atoms with Gasteiger partial charge in [-0.3, -0.25) is 33.4 Å². The number of likely N-dealkylation sites (tertiary alicyclic amines) is 1. The van der Waals surface area contributed by atoms with Gasteiger partial charge in [-0.1, -0.05) is 58.0 Å². The SMILES string of the molecule is CC[C@@H](NCCC(=O)[C@@H]1C[C@H](NC(=O)CCOCCOCCC(=O)NCCn2nc(C#N)c3c2CN(C)C(=O)c2ccc(F)cc2[C@@H](C)Oc2cc-3cnc2N)CN1C(=O)[C@@H](NC(=O)[C@H](C)NC)C(C)(C)C)c1ccccc1. The molecule has 2 aromatic carbocycles. The Morgan fingerprint density at radius 1 is 0.987 bits per heavy atom. The molecule has 2 aliphatic heterocycles. The molecule has 4 heterocycles. The summed E-state index contributed by atoms with van der Waals surface area (Å²) in [4.78, 5) is 88.6. The number of halogens is 1. The van der Waals surface area contributed by atoms with Gasteiger partial charge in [-0.25, -0.2) is 9.37 Å². The van der Waals surface area contributed by atoms with Crippen LogP contribution >= 0.6 is 0 Å². The van der Waals surface area contributed by atoms with Crippen molar-refractivity contribution >= 4 is 41.1 Å². The van der Waals surface area contributed by atoms with Crippen molar-refractivity contribution in [2.45, 2.75) is 123 Å². The second-order valence-electron chi connectivity index (χ2n) is 20.7. The largest absolute Gasteiger partial charge is 0.482 e. The van der Waals surface area contributed by atoms with Crippen molar-refractivity contribution in [2.24, 2.45) is 5.41 Å². The molecular formula is C56H75FN12O9. The van der Waals surface area contributed by atoms with Crippen LogP contribution in [0.5, 0.6) is 5.75 Å². The van der Waals surface area contributed by atoms with E-state index < -0.39 is 53.3 Å². The van der Waals surface area contributed by atoms with Crippen LogP contribution in [-0.4, -0.2) is 144 Å². The van der Waals surface area contributed by atoms with Crippen LogP contribution < -0.4 is 37.1 Å². The first kappa shape index (κ1) is 59.9. The molecule has 0 spiro atoms. The third-order valence-electron chi connectivity index (χ3n) is 13.9. The summed E-state index contributed by atoms with van der Waals surface area (Å²) in [5, 5.41) is 29.8. The van der Waals surface area contributed by atoms with E-state index in [4.69, 9.17) is 19.9 Å². The summed E-state index contributed by atoms with van der Waals surface area (Å²) in [6, 6.07) is 14.8. The zero-order chi connectivity index (χ0) is 56.7. The summed E-state index contributed by atoms with van der Waals surface area (Å²) in [6.45, 7) is 12.2. The molecule has 78 heavy (non-hydrogen) atoms. The van der Waals surface area contributed by atoms with Crippen LogP contribution in [0.4, 0.5) is 10.2 Å². The highest BCUT2D eigenvalue weighted by molar-refractivity contribution is 5.96. The number of nitriles is 1. The van der Waals surface area contributed by atoms with Gasteiger partial charge in [-0.15, -0.1) is 0 Å². The number of ketones is 1. The molecule has 2 aliphatic rings. The molecule has 21 nitrogen and oxygen atoms in total. The smallest absolute Gasteiger partial charge is 0.254 e. The number of likely N-dealkylation sites (N-methyl/N-ethyl adjacent to an activating group) is 1. The minimum atomic E-state index is -0.932. The number of hydrogen-bond donors (Lipinski definition) is 6. The van der Waals surface area contributed by atoms with Crippen molar-refractivity contribution in [1.29, 1.82) is 5.26 Å². The number of hydrogen-bond acceptors (Lipinski definition) is 15. The fourth-order valence-corrected chi connectivity index (χ4v) is 9.49. The highest BCUT2D eigenvalue weighted by Gasteiger charge is 2.45. The lowest BCUT2D eigenvalue weighted by Gasteiger charge is -2.36. The summed E-state index contributed by atoms with van der Waals surface area (Å²) in [7, 11) is 3.24. The summed E-state index contributed by atoms with van der Waals surface area (Å²) in [5.74, 6) is -2.22. The van der Waals surface area contributed by atoms with Crippen LogP contribution in [0, 0.1) is 22.6 Å². The molecule has 22 heteroatoms. The van der Waals surface area contributed by atoms with Gasteiger partial charge < -0.3 is 56.3 Å². The highest BCUT2D eigenvalue weighted by Crippen LogP contribution is 2.36. The molecule has 7 N–H and O–H groups in total. The second-order valence-corrected chi connectivity index (χ2v) is 20.7. The molecule has 0 aliphatic carbocycles. The Hall–Kier alpha value is -7.32. The van der Waals surface area contributed by atoms with E-state index in [0.717, 1.165) is 12.0 Å². The van der Waals surface area contributed by atoms with Gasteiger partial charge in [-0.2, -0.15) is 10.4 Å². The number of fused-ring (bicyclic) bond motifs is 5. The number of ether oxygens (including phenoxy) is 3. The Morgan fingerprint density at radius 2 is 1.69 bits per heavy atom. The zero-order valence-corrected chi connectivity index (χ0v) is 45.9. The number of carbonyl (C=O) groups is 6. The lowest BCUT2D eigenvalue weighted by molar-refractivity contribution is -0.143. The molecule has 420 valence electrons. The predicted molar refractivity (Wildman–Crippen MR) is 289 cm³/mol. The zero-order valence-electron chi connectivity index (χ0n) is 45.9. The van der Waals surface area contributed by atoms with Crippen LogP contribution in [0.1, 0.15) is 119 Å². The number of pyridine rings is 1. The molecule has 0 unspecified atom stereocenters. The van der Waals surface area contributed by atoms with E-state index >= 15 is 0 Å². The van der Waals surface area contributed by atoms with Gasteiger partial charge in [-0.05, 0) is 69.0 Å². The van der Waals surface area contributed by atoms with Crippen molar-refractivity contribution in [1.82, 2.24) is 51.1 Å². The minimum Gasteiger partial charge on any atom is -0.482 e. The molecule has 5 amide bonds. The van der Waals surface area contributed by atoms with Crippen LogP contribution in [0.25, 0.3) is 11.1 Å². The lowest BCUT2D eigenvalue weighted by atomic mass is 9.85. The molecule has 0 saturated carbocycles. The average molecular weight is 1080 g/mol. The van der Waals surface area contributed by atoms with Gasteiger partial charge >= 0.3 is 0 Å². The number of anilines is 1. The number of nitrogens with one attached hydrogen (secondary N) is 5. The van der Waals surface area contributed by atoms with E-state index in [9.17, 15) is 38.4 Å². The van der Waals surface area contributed by atoms with Crippen molar-refractivity contribution in [3.63, 3.8) is 0 Å². The fraction of sp³-hybridized carbons (Fsp3) is 0.518. The third kappa shape index (κ3) is 15.7. The van der Waals surface area contributed by atoms with E-state index in [0.29, 0.717) is 28.9 Å². The first-order valence-corrected chi connectivity index (χ1v) is 26.5. The Balaban J connectivity index is 0.962. The van der Waals surface area contributed by atoms with Crippen molar-refractivity contribution in [3.8, 4) is 22.9 Å². The summed E-state index contributed by atoms with van der Waals surface area (Å²) in [5.41, 5.74) is 8.57. The predicted octanol–water partition coefficient (Wildman–Crippen LogP) is 4.12. The van der Waals surface area contributed by atoms with E-state index in [2.05, 4.69) is 49.7 Å². The maximum atomic E-state index is 14.5. The maximum Gasteiger partial charge on any atom is 0.254 e. The average Bonchev–Trinajstić information content (AvgIpc) is 4.12. The maximum absolute atomic E-state index is 14.5. The number of nitrogens with zero attached hydrogens (tertiary/aromatic N) is 6. The molecule has 6 atom stereocenters. The second kappa shape index (κ2) is 27.8. The number of benzene rings is 2. The van der Waals surface area contributed by atoms with E-state index in [-0.39, 0.29) is 131 Å². The fourth-order valence-electron chi connectivity index (χ4n) is 9.49. The summed E-state index contributed by atoms with van der Waals surface area (Å²) >= 11 is 0. The number of amides is 5. The van der Waals surface area contributed by atoms with Crippen molar-refractivity contribution in [3.05, 3.63) is 94.7 Å². The number of rotatable bonds is 24. The molecule has 4 aromatic rings. The first-order chi connectivity index (χ1) is 37.2. The molecule has 2 aromatic heterocycles. The van der Waals surface area contributed by atoms with Crippen LogP contribution in [0.2, 0.25) is 0 Å². The Kier molecular flexibility index (Phi) is 21.4. The molecule has 2 bridgehead atoms. The van der Waals surface area contributed by atoms with E-state index in [1.807, 2.05) is 51.1 Å². The van der Waals surface area contributed by atoms with E-state index in [1.54, 1.807) is 38.7 Å². The number of aromatic nitrogens is 3. The Morgan fingerprint density at radius 3 is 2.36 bits per heavy atom. The summed E-state index contributed by atoms with van der Waals surface area (Å²) < 4.78 is 33.4. The standard InChI is InChI=1S/C56H75FN12O9/c1-9-42(36-13-11-10-12-14-36)61-20-17-46(70)44-29-39(32-68(44)55(75)51(56(4,5)6)65-53(73)34(2)60-7)64-49(72)19-24-77-26-25-76-23-18-48(71)62-21-22-69-45-33-67(8)54(74)40-16-15-38(57)28-41(40)35(3)78-47-27-37(31-63-52(47)59)50(45)43(30-58)66-69/h10-16,27-28,31,34-35,39,42,44,51,60-61H,9,17-26,29,32-33H2,1-8H3,(H2,59,63)(H,62,71)(H,64,72)(H,65,73)/t34-,35+,39-,42+,44-,51+/m0/s1. The number of nitrogen functional groups attached to an aromatic ring is 1. The monoisotopic (exact) mass is 1080 g/mol. The third-order valence-corrected chi connectivity index (χ3v) is 13.9.